The fraction of sp³-hybridized carbons (Fsp3) is 0.259. The molecule has 1 unspecified atom stereocenters. The Morgan fingerprint density at radius 1 is 0.921 bits per heavy atom. The minimum atomic E-state index is -4.18. The van der Waals surface area contributed by atoms with Crippen molar-refractivity contribution >= 4 is 62.3 Å². The highest BCUT2D eigenvalue weighted by molar-refractivity contribution is 7.92. The van der Waals surface area contributed by atoms with Crippen LogP contribution in [-0.4, -0.2) is 44.3 Å². The molecule has 11 heteroatoms. The maximum atomic E-state index is 13.9. The van der Waals surface area contributed by atoms with Gasteiger partial charge in [-0.1, -0.05) is 65.1 Å². The van der Waals surface area contributed by atoms with Gasteiger partial charge in [-0.05, 0) is 62.7 Å². The van der Waals surface area contributed by atoms with Crippen LogP contribution in [0.1, 0.15) is 25.0 Å². The van der Waals surface area contributed by atoms with Gasteiger partial charge in [0.25, 0.3) is 10.0 Å². The molecule has 1 N–H and O–H groups in total. The van der Waals surface area contributed by atoms with E-state index in [9.17, 15) is 18.0 Å². The predicted octanol–water partition coefficient (Wildman–Crippen LogP) is 5.70. The van der Waals surface area contributed by atoms with Crippen LogP contribution < -0.4 is 9.62 Å². The molecule has 0 aliphatic rings. The number of carbonyl (C=O) groups is 2. The smallest absolute Gasteiger partial charge is 0.264 e. The number of carbonyl (C=O) groups excluding carboxylic acids is 2. The van der Waals surface area contributed by atoms with Crippen molar-refractivity contribution in [2.45, 2.75) is 38.3 Å². The molecule has 3 aromatic rings. The fourth-order valence-corrected chi connectivity index (χ4v) is 5.86. The number of anilines is 1. The van der Waals surface area contributed by atoms with Crippen LogP contribution >= 0.6 is 34.8 Å². The van der Waals surface area contributed by atoms with Crippen molar-refractivity contribution in [3.05, 3.63) is 92.9 Å². The number of nitrogens with zero attached hydrogens (tertiary/aromatic N) is 2. The third-order valence-corrected chi connectivity index (χ3v) is 8.87. The van der Waals surface area contributed by atoms with Gasteiger partial charge in [-0.2, -0.15) is 0 Å². The first kappa shape index (κ1) is 29.8. The van der Waals surface area contributed by atoms with Crippen molar-refractivity contribution in [2.24, 2.45) is 0 Å². The molecular formula is C27H28Cl3N3O4S. The van der Waals surface area contributed by atoms with Gasteiger partial charge in [-0.15, -0.1) is 0 Å². The van der Waals surface area contributed by atoms with E-state index in [-0.39, 0.29) is 17.1 Å². The van der Waals surface area contributed by atoms with E-state index in [2.05, 4.69) is 5.32 Å². The first-order valence-corrected chi connectivity index (χ1v) is 14.4. The summed E-state index contributed by atoms with van der Waals surface area (Å²) in [6.45, 7) is 4.76. The molecule has 0 fully saturated rings. The lowest BCUT2D eigenvalue weighted by atomic mass is 10.1. The summed E-state index contributed by atoms with van der Waals surface area (Å²) in [4.78, 5) is 27.9. The highest BCUT2D eigenvalue weighted by Crippen LogP contribution is 2.30. The Bertz CT molecular complexity index is 1400. The van der Waals surface area contributed by atoms with E-state index in [0.29, 0.717) is 27.2 Å². The van der Waals surface area contributed by atoms with E-state index in [1.807, 2.05) is 0 Å². The van der Waals surface area contributed by atoms with Gasteiger partial charge in [0.1, 0.15) is 12.6 Å². The van der Waals surface area contributed by atoms with Gasteiger partial charge < -0.3 is 10.2 Å². The van der Waals surface area contributed by atoms with Crippen LogP contribution in [0.3, 0.4) is 0 Å². The number of hydrogen-bond donors (Lipinski definition) is 1. The molecule has 38 heavy (non-hydrogen) atoms. The Balaban J connectivity index is 2.08. The van der Waals surface area contributed by atoms with Gasteiger partial charge in [-0.3, -0.25) is 13.9 Å². The van der Waals surface area contributed by atoms with E-state index in [0.717, 1.165) is 9.87 Å². The number of hydrogen-bond acceptors (Lipinski definition) is 4. The van der Waals surface area contributed by atoms with Crippen molar-refractivity contribution in [1.29, 1.82) is 0 Å². The Labute approximate surface area is 238 Å². The molecular weight excluding hydrogens is 569 g/mol. The summed E-state index contributed by atoms with van der Waals surface area (Å²) >= 11 is 19.1. The standard InChI is InChI=1S/C27H28Cl3N3O4S/c1-4-31-27(35)19(3)32(16-22-23(28)11-8-12-24(22)29)26(34)17-33(20-14-13-18(2)25(30)15-20)38(36,37)21-9-6-5-7-10-21/h5-15,19H,4,16-17H2,1-3H3,(H,31,35). The summed E-state index contributed by atoms with van der Waals surface area (Å²) in [6, 6.07) is 16.5. The molecule has 0 aliphatic carbocycles. The maximum absolute atomic E-state index is 13.9. The van der Waals surface area contributed by atoms with E-state index in [1.54, 1.807) is 69.3 Å². The van der Waals surface area contributed by atoms with E-state index < -0.39 is 34.4 Å². The fourth-order valence-electron chi connectivity index (χ4n) is 3.74. The van der Waals surface area contributed by atoms with Crippen molar-refractivity contribution in [3.63, 3.8) is 0 Å². The zero-order valence-corrected chi connectivity index (χ0v) is 24.2. The van der Waals surface area contributed by atoms with Gasteiger partial charge in [0.05, 0.1) is 10.6 Å². The SMILES string of the molecule is CCNC(=O)C(C)N(Cc1c(Cl)cccc1Cl)C(=O)CN(c1ccc(C)c(Cl)c1)S(=O)(=O)c1ccccc1. The van der Waals surface area contributed by atoms with Crippen LogP contribution in [0.4, 0.5) is 5.69 Å². The Kier molecular flexibility index (Phi) is 10.1. The second kappa shape index (κ2) is 12.8. The number of likely N-dealkylation sites (N-methyl/N-ethyl adjacent to an activating group) is 1. The molecule has 0 aromatic heterocycles. The lowest BCUT2D eigenvalue weighted by Crippen LogP contribution is -2.51. The number of halogens is 3. The zero-order chi connectivity index (χ0) is 28.0. The molecule has 0 saturated carbocycles. The summed E-state index contributed by atoms with van der Waals surface area (Å²) in [5.41, 5.74) is 1.40. The monoisotopic (exact) mass is 595 g/mol. The Morgan fingerprint density at radius 3 is 2.13 bits per heavy atom. The largest absolute Gasteiger partial charge is 0.355 e. The molecule has 0 heterocycles. The number of aryl methyl sites for hydroxylation is 1. The lowest BCUT2D eigenvalue weighted by molar-refractivity contribution is -0.139. The average molecular weight is 597 g/mol. The first-order chi connectivity index (χ1) is 18.0. The molecule has 0 spiro atoms. The quantitative estimate of drug-likeness (QED) is 0.325. The highest BCUT2D eigenvalue weighted by atomic mass is 35.5. The first-order valence-electron chi connectivity index (χ1n) is 11.8. The van der Waals surface area contributed by atoms with Crippen molar-refractivity contribution in [1.82, 2.24) is 10.2 Å². The molecule has 2 amide bonds. The van der Waals surface area contributed by atoms with Gasteiger partial charge in [0, 0.05) is 33.7 Å². The van der Waals surface area contributed by atoms with Crippen LogP contribution in [-0.2, 0) is 26.2 Å². The van der Waals surface area contributed by atoms with Gasteiger partial charge >= 0.3 is 0 Å². The van der Waals surface area contributed by atoms with Crippen molar-refractivity contribution in [2.75, 3.05) is 17.4 Å². The van der Waals surface area contributed by atoms with E-state index in [4.69, 9.17) is 34.8 Å². The third-order valence-electron chi connectivity index (χ3n) is 5.96. The number of sulfonamides is 1. The van der Waals surface area contributed by atoms with E-state index in [1.165, 1.54) is 23.1 Å². The molecule has 0 saturated heterocycles. The molecule has 1 atom stereocenters. The Hall–Kier alpha value is -2.78. The third kappa shape index (κ3) is 6.80. The van der Waals surface area contributed by atoms with Gasteiger partial charge in [0.15, 0.2) is 0 Å². The highest BCUT2D eigenvalue weighted by Gasteiger charge is 2.33. The summed E-state index contributed by atoms with van der Waals surface area (Å²) in [7, 11) is -4.18. The normalized spacial score (nSPS) is 12.1. The summed E-state index contributed by atoms with van der Waals surface area (Å²) in [6.07, 6.45) is 0. The second-order valence-electron chi connectivity index (χ2n) is 8.55. The topological polar surface area (TPSA) is 86.8 Å². The van der Waals surface area contributed by atoms with E-state index >= 15 is 0 Å². The zero-order valence-electron chi connectivity index (χ0n) is 21.1. The number of nitrogens with one attached hydrogen (secondary N) is 1. The molecule has 3 rings (SSSR count). The van der Waals surface area contributed by atoms with Crippen LogP contribution in [0.15, 0.2) is 71.6 Å². The van der Waals surface area contributed by atoms with Crippen LogP contribution in [0.5, 0.6) is 0 Å². The molecule has 0 radical (unpaired) electrons. The molecule has 202 valence electrons. The second-order valence-corrected chi connectivity index (χ2v) is 11.6. The Morgan fingerprint density at radius 2 is 1.55 bits per heavy atom. The van der Waals surface area contributed by atoms with Crippen LogP contribution in [0, 0.1) is 6.92 Å². The van der Waals surface area contributed by atoms with Crippen molar-refractivity contribution in [3.8, 4) is 0 Å². The summed E-state index contributed by atoms with van der Waals surface area (Å²) in [5.74, 6) is -1.03. The minimum Gasteiger partial charge on any atom is -0.355 e. The summed E-state index contributed by atoms with van der Waals surface area (Å²) < 4.78 is 28.5. The summed E-state index contributed by atoms with van der Waals surface area (Å²) in [5, 5.41) is 3.68. The number of benzene rings is 3. The van der Waals surface area contributed by atoms with Gasteiger partial charge in [0.2, 0.25) is 11.8 Å². The average Bonchev–Trinajstić information content (AvgIpc) is 2.89. The van der Waals surface area contributed by atoms with Gasteiger partial charge in [-0.25, -0.2) is 8.42 Å². The number of amides is 2. The molecule has 7 nitrogen and oxygen atoms in total. The maximum Gasteiger partial charge on any atom is 0.264 e. The molecule has 3 aromatic carbocycles. The predicted molar refractivity (Wildman–Crippen MR) is 152 cm³/mol. The molecule has 0 aliphatic heterocycles. The number of rotatable bonds is 10. The lowest BCUT2D eigenvalue weighted by Gasteiger charge is -2.32. The molecule has 0 bridgehead atoms. The minimum absolute atomic E-state index is 0.00182. The van der Waals surface area contributed by atoms with Crippen LogP contribution in [0.25, 0.3) is 0 Å². The van der Waals surface area contributed by atoms with Crippen molar-refractivity contribution < 1.29 is 18.0 Å². The van der Waals surface area contributed by atoms with Crippen LogP contribution in [0.2, 0.25) is 15.1 Å².